The third kappa shape index (κ3) is 4.43. The summed E-state index contributed by atoms with van der Waals surface area (Å²) in [6, 6.07) is 9.87. The van der Waals surface area contributed by atoms with E-state index in [-0.39, 0.29) is 34.5 Å². The first-order valence-electron chi connectivity index (χ1n) is 11.0. The molecule has 0 radical (unpaired) electrons. The first kappa shape index (κ1) is 21.3. The molecule has 2 aromatic carbocycles. The minimum absolute atomic E-state index is 0.0450. The van der Waals surface area contributed by atoms with E-state index in [2.05, 4.69) is 24.5 Å². The zero-order valence-corrected chi connectivity index (χ0v) is 18.0. The first-order chi connectivity index (χ1) is 14.7. The van der Waals surface area contributed by atoms with Crippen molar-refractivity contribution in [1.29, 1.82) is 0 Å². The number of fused-ring (bicyclic) bond motifs is 1. The van der Waals surface area contributed by atoms with Crippen LogP contribution in [0.5, 0.6) is 0 Å². The fourth-order valence-electron chi connectivity index (χ4n) is 4.91. The lowest BCUT2D eigenvalue weighted by Gasteiger charge is -2.41. The average Bonchev–Trinajstić information content (AvgIpc) is 2.74. The molecule has 1 amide bonds. The molecule has 1 saturated carbocycles. The Morgan fingerprint density at radius 1 is 1.10 bits per heavy atom. The van der Waals surface area contributed by atoms with Gasteiger partial charge < -0.3 is 15.7 Å². The van der Waals surface area contributed by atoms with Gasteiger partial charge in [0.15, 0.2) is 0 Å². The molecule has 164 valence electrons. The zero-order valence-electron chi connectivity index (χ0n) is 18.0. The summed E-state index contributed by atoms with van der Waals surface area (Å²) in [6.45, 7) is 4.20. The van der Waals surface area contributed by atoms with Gasteiger partial charge in [-0.25, -0.2) is 9.18 Å². The highest BCUT2D eigenvalue weighted by Crippen LogP contribution is 2.45. The molecule has 6 heteroatoms. The van der Waals surface area contributed by atoms with Crippen molar-refractivity contribution in [1.82, 2.24) is 0 Å². The second-order valence-electron chi connectivity index (χ2n) is 9.48. The van der Waals surface area contributed by atoms with Crippen LogP contribution >= 0.6 is 0 Å². The van der Waals surface area contributed by atoms with E-state index in [1.54, 1.807) is 30.3 Å². The summed E-state index contributed by atoms with van der Waals surface area (Å²) < 4.78 is 14.5. The van der Waals surface area contributed by atoms with Crippen LogP contribution in [-0.2, 0) is 11.2 Å². The predicted molar refractivity (Wildman–Crippen MR) is 119 cm³/mol. The number of carboxylic acid groups (broad SMARTS) is 1. The van der Waals surface area contributed by atoms with E-state index in [0.29, 0.717) is 6.42 Å². The van der Waals surface area contributed by atoms with Crippen LogP contribution in [0.1, 0.15) is 73.5 Å². The quantitative estimate of drug-likeness (QED) is 0.581. The van der Waals surface area contributed by atoms with E-state index in [4.69, 9.17) is 0 Å². The molecule has 3 N–H and O–H groups in total. The van der Waals surface area contributed by atoms with Crippen molar-refractivity contribution in [2.45, 2.75) is 58.4 Å². The molecule has 5 nitrogen and oxygen atoms in total. The highest BCUT2D eigenvalue weighted by Gasteiger charge is 2.36. The molecule has 1 atom stereocenters. The van der Waals surface area contributed by atoms with Crippen LogP contribution in [-0.4, -0.2) is 17.0 Å². The lowest BCUT2D eigenvalue weighted by Crippen LogP contribution is -2.35. The summed E-state index contributed by atoms with van der Waals surface area (Å²) in [5.41, 5.74) is 2.97. The number of halogens is 1. The van der Waals surface area contributed by atoms with Crippen LogP contribution in [0.15, 0.2) is 36.4 Å². The molecule has 1 fully saturated rings. The average molecular weight is 425 g/mol. The van der Waals surface area contributed by atoms with Gasteiger partial charge >= 0.3 is 5.97 Å². The molecular weight excluding hydrogens is 395 g/mol. The van der Waals surface area contributed by atoms with E-state index >= 15 is 0 Å². The largest absolute Gasteiger partial charge is 0.478 e. The summed E-state index contributed by atoms with van der Waals surface area (Å²) in [6.07, 6.45) is 5.65. The van der Waals surface area contributed by atoms with Crippen LogP contribution in [0.2, 0.25) is 0 Å². The van der Waals surface area contributed by atoms with Gasteiger partial charge in [-0.05, 0) is 66.1 Å². The summed E-state index contributed by atoms with van der Waals surface area (Å²) >= 11 is 0. The van der Waals surface area contributed by atoms with Crippen molar-refractivity contribution in [3.63, 3.8) is 0 Å². The van der Waals surface area contributed by atoms with Gasteiger partial charge in [0.2, 0.25) is 5.91 Å². The van der Waals surface area contributed by atoms with Crippen LogP contribution < -0.4 is 10.6 Å². The monoisotopic (exact) mass is 424 g/mol. The molecule has 0 saturated heterocycles. The summed E-state index contributed by atoms with van der Waals surface area (Å²) in [7, 11) is 0. The molecule has 4 rings (SSSR count). The zero-order chi connectivity index (χ0) is 22.2. The highest BCUT2D eigenvalue weighted by molar-refractivity contribution is 5.93. The van der Waals surface area contributed by atoms with Crippen LogP contribution in [0.3, 0.4) is 0 Å². The van der Waals surface area contributed by atoms with Crippen LogP contribution in [0.4, 0.5) is 15.8 Å². The standard InChI is InChI=1S/C25H29FN2O3/c1-25(2)14-18-12-17(24(30)31)9-11-20(18)27-22(25)16-8-10-19(26)21(13-16)28-23(29)15-6-4-3-5-7-15/h8-13,15,22,27H,3-7,14H2,1-2H3,(H,28,29)(H,30,31). The van der Waals surface area contributed by atoms with E-state index in [1.165, 1.54) is 6.07 Å². The SMILES string of the molecule is CC1(C)Cc2cc(C(=O)O)ccc2NC1c1ccc(F)c(NC(=O)C2CCCCC2)c1. The predicted octanol–water partition coefficient (Wildman–Crippen LogP) is 5.78. The van der Waals surface area contributed by atoms with Crippen molar-refractivity contribution in [3.05, 3.63) is 58.9 Å². The van der Waals surface area contributed by atoms with E-state index < -0.39 is 11.8 Å². The molecule has 0 spiro atoms. The highest BCUT2D eigenvalue weighted by atomic mass is 19.1. The molecule has 2 aromatic rings. The minimum atomic E-state index is -0.945. The lowest BCUT2D eigenvalue weighted by atomic mass is 9.72. The number of hydrogen-bond acceptors (Lipinski definition) is 3. The fourth-order valence-corrected chi connectivity index (χ4v) is 4.91. The number of rotatable bonds is 4. The van der Waals surface area contributed by atoms with Gasteiger partial charge in [-0.15, -0.1) is 0 Å². The number of carbonyl (C=O) groups is 2. The Labute approximate surface area is 182 Å². The van der Waals surface area contributed by atoms with Crippen LogP contribution in [0, 0.1) is 17.2 Å². The molecule has 1 heterocycles. The maximum atomic E-state index is 14.5. The Bertz CT molecular complexity index is 1010. The molecule has 31 heavy (non-hydrogen) atoms. The minimum Gasteiger partial charge on any atom is -0.478 e. The molecule has 1 aliphatic heterocycles. The molecule has 1 unspecified atom stereocenters. The van der Waals surface area contributed by atoms with E-state index in [9.17, 15) is 19.1 Å². The van der Waals surface area contributed by atoms with E-state index in [1.807, 2.05) is 0 Å². The Morgan fingerprint density at radius 3 is 2.55 bits per heavy atom. The lowest BCUT2D eigenvalue weighted by molar-refractivity contribution is -0.120. The Balaban J connectivity index is 1.59. The second kappa shape index (κ2) is 8.33. The van der Waals surface area contributed by atoms with Crippen LogP contribution in [0.25, 0.3) is 0 Å². The number of benzene rings is 2. The first-order valence-corrected chi connectivity index (χ1v) is 11.0. The van der Waals surface area contributed by atoms with Crippen molar-refractivity contribution >= 4 is 23.3 Å². The van der Waals surface area contributed by atoms with Gasteiger partial charge in [0, 0.05) is 11.6 Å². The second-order valence-corrected chi connectivity index (χ2v) is 9.48. The number of carboxylic acids is 1. The third-order valence-electron chi connectivity index (χ3n) is 6.64. The van der Waals surface area contributed by atoms with Gasteiger partial charge in [0.25, 0.3) is 0 Å². The van der Waals surface area contributed by atoms with E-state index in [0.717, 1.165) is 48.9 Å². The maximum absolute atomic E-state index is 14.5. The molecular formula is C25H29FN2O3. The molecule has 1 aliphatic carbocycles. The van der Waals surface area contributed by atoms with Gasteiger partial charge in [-0.3, -0.25) is 4.79 Å². The summed E-state index contributed by atoms with van der Waals surface area (Å²) in [4.78, 5) is 24.0. The molecule has 0 aromatic heterocycles. The van der Waals surface area contributed by atoms with Gasteiger partial charge in [-0.1, -0.05) is 39.2 Å². The van der Waals surface area contributed by atoms with Gasteiger partial charge in [0.05, 0.1) is 17.3 Å². The van der Waals surface area contributed by atoms with Crippen molar-refractivity contribution in [2.75, 3.05) is 10.6 Å². The molecule has 0 bridgehead atoms. The Morgan fingerprint density at radius 2 is 1.84 bits per heavy atom. The Hall–Kier alpha value is -2.89. The number of aromatic carboxylic acids is 1. The topological polar surface area (TPSA) is 78.4 Å². The fraction of sp³-hybridized carbons (Fsp3) is 0.440. The summed E-state index contributed by atoms with van der Waals surface area (Å²) in [5, 5.41) is 15.6. The number of hydrogen-bond donors (Lipinski definition) is 3. The normalized spacial score (nSPS) is 20.4. The number of carbonyl (C=O) groups excluding carboxylic acids is 1. The molecule has 2 aliphatic rings. The Kier molecular flexibility index (Phi) is 5.73. The maximum Gasteiger partial charge on any atom is 0.335 e. The smallest absolute Gasteiger partial charge is 0.335 e. The van der Waals surface area contributed by atoms with Crippen molar-refractivity contribution < 1.29 is 19.1 Å². The number of anilines is 2. The number of amides is 1. The van der Waals surface area contributed by atoms with Gasteiger partial charge in [0.1, 0.15) is 5.82 Å². The van der Waals surface area contributed by atoms with Crippen molar-refractivity contribution in [2.24, 2.45) is 11.3 Å². The number of nitrogens with one attached hydrogen (secondary N) is 2. The third-order valence-corrected chi connectivity index (χ3v) is 6.64. The van der Waals surface area contributed by atoms with Crippen molar-refractivity contribution in [3.8, 4) is 0 Å². The summed E-state index contributed by atoms with van der Waals surface area (Å²) in [5.74, 6) is -1.53. The van der Waals surface area contributed by atoms with Gasteiger partial charge in [-0.2, -0.15) is 0 Å².